The fourth-order valence-electron chi connectivity index (χ4n) is 3.72. The third kappa shape index (κ3) is 3.69. The van der Waals surface area contributed by atoms with Crippen molar-refractivity contribution >= 4 is 35.1 Å². The van der Waals surface area contributed by atoms with E-state index in [0.717, 1.165) is 5.56 Å². The number of likely N-dealkylation sites (tertiary alicyclic amines) is 1. The van der Waals surface area contributed by atoms with Crippen LogP contribution in [0.15, 0.2) is 42.5 Å². The number of carbonyl (C=O) groups excluding carboxylic acids is 2. The minimum absolute atomic E-state index is 0.182. The minimum atomic E-state index is -0.748. The van der Waals surface area contributed by atoms with Crippen LogP contribution in [-0.2, 0) is 14.9 Å². The molecule has 0 saturated carbocycles. The van der Waals surface area contributed by atoms with Crippen LogP contribution in [0, 0.1) is 0 Å². The van der Waals surface area contributed by atoms with Gasteiger partial charge in [0.25, 0.3) is 5.91 Å². The van der Waals surface area contributed by atoms with Crippen LogP contribution in [0.2, 0.25) is 10.0 Å². The summed E-state index contributed by atoms with van der Waals surface area (Å²) >= 11 is 12.3. The summed E-state index contributed by atoms with van der Waals surface area (Å²) in [7, 11) is 2.86. The van der Waals surface area contributed by atoms with Crippen molar-refractivity contribution in [2.75, 3.05) is 27.3 Å². The van der Waals surface area contributed by atoms with Crippen molar-refractivity contribution in [3.8, 4) is 5.75 Å². The van der Waals surface area contributed by atoms with Gasteiger partial charge in [0, 0.05) is 18.7 Å². The van der Waals surface area contributed by atoms with E-state index in [0.29, 0.717) is 37.2 Å². The number of halogens is 2. The normalized spacial score (nSPS) is 15.8. The predicted octanol–water partition coefficient (Wildman–Crippen LogP) is 4.35. The third-order valence-electron chi connectivity index (χ3n) is 5.26. The second-order valence-electron chi connectivity index (χ2n) is 6.71. The highest BCUT2D eigenvalue weighted by atomic mass is 35.5. The van der Waals surface area contributed by atoms with Crippen molar-refractivity contribution in [1.82, 2.24) is 4.90 Å². The molecule has 0 bridgehead atoms. The van der Waals surface area contributed by atoms with Gasteiger partial charge in [0.05, 0.1) is 29.7 Å². The van der Waals surface area contributed by atoms with Gasteiger partial charge in [-0.25, -0.2) is 0 Å². The fourth-order valence-corrected chi connectivity index (χ4v) is 4.36. The van der Waals surface area contributed by atoms with E-state index in [1.54, 1.807) is 17.0 Å². The highest BCUT2D eigenvalue weighted by Gasteiger charge is 2.44. The molecule has 7 heteroatoms. The van der Waals surface area contributed by atoms with Crippen LogP contribution < -0.4 is 4.74 Å². The fraction of sp³-hybridized carbons (Fsp3) is 0.333. The van der Waals surface area contributed by atoms with Gasteiger partial charge in [-0.2, -0.15) is 0 Å². The number of nitrogens with zero attached hydrogens (tertiary/aromatic N) is 1. The molecule has 28 heavy (non-hydrogen) atoms. The summed E-state index contributed by atoms with van der Waals surface area (Å²) in [6.45, 7) is 0.841. The SMILES string of the molecule is COC(=O)C1(c2ccccc2)CCN(C(=O)c2cc(Cl)c(OC)c(Cl)c2)CC1. The molecule has 0 spiro atoms. The lowest BCUT2D eigenvalue weighted by atomic mass is 9.72. The molecule has 0 aliphatic carbocycles. The van der Waals surface area contributed by atoms with Gasteiger partial charge in [0.2, 0.25) is 0 Å². The maximum atomic E-state index is 12.9. The standard InChI is InChI=1S/C21H21Cl2NO4/c1-27-18-16(22)12-14(13-17(18)23)19(25)24-10-8-21(9-11-24,20(26)28-2)15-6-4-3-5-7-15/h3-7,12-13H,8-11H2,1-2H3. The van der Waals surface area contributed by atoms with Crippen LogP contribution in [0.5, 0.6) is 5.75 Å². The number of carbonyl (C=O) groups is 2. The molecule has 1 aliphatic heterocycles. The van der Waals surface area contributed by atoms with E-state index in [1.165, 1.54) is 14.2 Å². The zero-order valence-corrected chi connectivity index (χ0v) is 17.2. The zero-order chi connectivity index (χ0) is 20.3. The van der Waals surface area contributed by atoms with E-state index >= 15 is 0 Å². The van der Waals surface area contributed by atoms with Crippen LogP contribution >= 0.6 is 23.2 Å². The van der Waals surface area contributed by atoms with Crippen LogP contribution in [0.3, 0.4) is 0 Å². The molecular weight excluding hydrogens is 401 g/mol. The number of benzene rings is 2. The van der Waals surface area contributed by atoms with Crippen LogP contribution in [0.25, 0.3) is 0 Å². The molecule has 148 valence electrons. The van der Waals surface area contributed by atoms with E-state index in [4.69, 9.17) is 32.7 Å². The van der Waals surface area contributed by atoms with Crippen molar-refractivity contribution in [3.63, 3.8) is 0 Å². The van der Waals surface area contributed by atoms with Crippen LogP contribution in [0.1, 0.15) is 28.8 Å². The van der Waals surface area contributed by atoms with Crippen LogP contribution in [-0.4, -0.2) is 44.1 Å². The van der Waals surface area contributed by atoms with Gasteiger partial charge in [0.1, 0.15) is 0 Å². The predicted molar refractivity (Wildman–Crippen MR) is 108 cm³/mol. The summed E-state index contributed by atoms with van der Waals surface area (Å²) in [6, 6.07) is 12.7. The number of piperidine rings is 1. The van der Waals surface area contributed by atoms with Crippen LogP contribution in [0.4, 0.5) is 0 Å². The molecule has 1 heterocycles. The van der Waals surface area contributed by atoms with Crippen molar-refractivity contribution < 1.29 is 19.1 Å². The number of hydrogen-bond donors (Lipinski definition) is 0. The molecule has 1 amide bonds. The maximum Gasteiger partial charge on any atom is 0.316 e. The number of amides is 1. The lowest BCUT2D eigenvalue weighted by Gasteiger charge is -2.40. The molecule has 0 aromatic heterocycles. The molecule has 5 nitrogen and oxygen atoms in total. The average molecular weight is 422 g/mol. The Morgan fingerprint density at radius 3 is 2.07 bits per heavy atom. The van der Waals surface area contributed by atoms with Crippen molar-refractivity contribution in [2.24, 2.45) is 0 Å². The van der Waals surface area contributed by atoms with E-state index in [9.17, 15) is 9.59 Å². The van der Waals surface area contributed by atoms with Gasteiger partial charge in [0.15, 0.2) is 5.75 Å². The Morgan fingerprint density at radius 1 is 1.00 bits per heavy atom. The molecule has 0 unspecified atom stereocenters. The monoisotopic (exact) mass is 421 g/mol. The van der Waals surface area contributed by atoms with Gasteiger partial charge >= 0.3 is 5.97 Å². The Morgan fingerprint density at radius 2 is 1.57 bits per heavy atom. The highest BCUT2D eigenvalue weighted by molar-refractivity contribution is 6.37. The Hall–Kier alpha value is -2.24. The highest BCUT2D eigenvalue weighted by Crippen LogP contribution is 2.38. The topological polar surface area (TPSA) is 55.8 Å². The number of rotatable bonds is 4. The van der Waals surface area contributed by atoms with Crippen molar-refractivity contribution in [1.29, 1.82) is 0 Å². The van der Waals surface area contributed by atoms with Gasteiger partial charge in [-0.05, 0) is 30.5 Å². The van der Waals surface area contributed by atoms with E-state index < -0.39 is 5.41 Å². The zero-order valence-electron chi connectivity index (χ0n) is 15.7. The molecular formula is C21H21Cl2NO4. The molecule has 1 saturated heterocycles. The van der Waals surface area contributed by atoms with E-state index in [-0.39, 0.29) is 21.9 Å². The number of ether oxygens (including phenoxy) is 2. The summed E-state index contributed by atoms with van der Waals surface area (Å²) in [6.07, 6.45) is 0.958. The first kappa shape index (κ1) is 20.5. The molecule has 0 radical (unpaired) electrons. The Balaban J connectivity index is 1.82. The smallest absolute Gasteiger partial charge is 0.316 e. The van der Waals surface area contributed by atoms with Gasteiger partial charge in [-0.1, -0.05) is 53.5 Å². The molecule has 1 fully saturated rings. The average Bonchev–Trinajstić information content (AvgIpc) is 2.73. The Labute approximate surface area is 174 Å². The quantitative estimate of drug-likeness (QED) is 0.688. The van der Waals surface area contributed by atoms with E-state index in [2.05, 4.69) is 0 Å². The lowest BCUT2D eigenvalue weighted by molar-refractivity contribution is -0.149. The summed E-state index contributed by atoms with van der Waals surface area (Å²) in [5.74, 6) is -0.119. The van der Waals surface area contributed by atoms with E-state index in [1.807, 2.05) is 30.3 Å². The van der Waals surface area contributed by atoms with Gasteiger partial charge < -0.3 is 14.4 Å². The maximum absolute atomic E-state index is 12.9. The summed E-state index contributed by atoms with van der Waals surface area (Å²) in [5.41, 5.74) is 0.549. The van der Waals surface area contributed by atoms with Crippen molar-refractivity contribution in [2.45, 2.75) is 18.3 Å². The largest absolute Gasteiger partial charge is 0.494 e. The summed E-state index contributed by atoms with van der Waals surface area (Å²) in [4.78, 5) is 27.3. The molecule has 3 rings (SSSR count). The molecule has 2 aromatic carbocycles. The Kier molecular flexibility index (Phi) is 6.16. The first-order valence-corrected chi connectivity index (χ1v) is 9.65. The lowest BCUT2D eigenvalue weighted by Crippen LogP contribution is -2.49. The molecule has 1 aliphatic rings. The second kappa shape index (κ2) is 8.41. The molecule has 2 aromatic rings. The number of esters is 1. The second-order valence-corrected chi connectivity index (χ2v) is 7.52. The summed E-state index contributed by atoms with van der Waals surface area (Å²) in [5, 5.41) is 0.562. The van der Waals surface area contributed by atoms with Gasteiger partial charge in [-0.3, -0.25) is 9.59 Å². The Bertz CT molecular complexity index is 854. The number of hydrogen-bond acceptors (Lipinski definition) is 4. The minimum Gasteiger partial charge on any atom is -0.494 e. The van der Waals surface area contributed by atoms with Gasteiger partial charge in [-0.15, -0.1) is 0 Å². The third-order valence-corrected chi connectivity index (χ3v) is 5.82. The summed E-state index contributed by atoms with van der Waals surface area (Å²) < 4.78 is 10.2. The number of methoxy groups -OCH3 is 2. The van der Waals surface area contributed by atoms with Crippen molar-refractivity contribution in [3.05, 3.63) is 63.6 Å². The first-order valence-electron chi connectivity index (χ1n) is 8.89. The molecule has 0 atom stereocenters. The first-order chi connectivity index (χ1) is 13.4. The molecule has 0 N–H and O–H groups in total.